The normalized spacial score (nSPS) is 12.7. The highest BCUT2D eigenvalue weighted by molar-refractivity contribution is 6.37. The van der Waals surface area contributed by atoms with Crippen molar-refractivity contribution in [1.82, 2.24) is 0 Å². The zero-order chi connectivity index (χ0) is 23.1. The smallest absolute Gasteiger partial charge is 0.266 e. The average Bonchev–Trinajstić information content (AvgIpc) is 3.09. The Kier molecular flexibility index (Phi) is 4.79. The fourth-order valence-corrected chi connectivity index (χ4v) is 4.05. The molecule has 1 heterocycles. The second kappa shape index (κ2) is 7.80. The Morgan fingerprint density at radius 2 is 1.48 bits per heavy atom. The van der Waals surface area contributed by atoms with Crippen molar-refractivity contribution in [3.05, 3.63) is 95.6 Å². The molecule has 33 heavy (non-hydrogen) atoms. The van der Waals surface area contributed by atoms with Crippen molar-refractivity contribution in [1.29, 1.82) is 0 Å². The van der Waals surface area contributed by atoms with E-state index >= 15 is 0 Å². The minimum atomic E-state index is -0.611. The van der Waals surface area contributed by atoms with Crippen LogP contribution in [0.5, 0.6) is 11.5 Å². The SMILES string of the molecule is COc1ccccc1NC(=O)c1cc2ccccc2c(N2C(=O)c3ccccc3C2=O)c1O. The van der Waals surface area contributed by atoms with E-state index in [2.05, 4.69) is 5.32 Å². The lowest BCUT2D eigenvalue weighted by Crippen LogP contribution is -2.30. The van der Waals surface area contributed by atoms with Crippen LogP contribution in [0, 0.1) is 0 Å². The van der Waals surface area contributed by atoms with Gasteiger partial charge in [0.15, 0.2) is 5.75 Å². The third-order valence-electron chi connectivity index (χ3n) is 5.61. The van der Waals surface area contributed by atoms with Gasteiger partial charge in [-0.3, -0.25) is 14.4 Å². The number of para-hydroxylation sites is 2. The summed E-state index contributed by atoms with van der Waals surface area (Å²) in [6.07, 6.45) is 0. The highest BCUT2D eigenvalue weighted by Gasteiger charge is 2.39. The molecular formula is C26H18N2O5. The summed E-state index contributed by atoms with van der Waals surface area (Å²) in [5.74, 6) is -1.74. The van der Waals surface area contributed by atoms with Crippen LogP contribution >= 0.6 is 0 Å². The molecule has 4 aromatic rings. The van der Waals surface area contributed by atoms with Crippen LogP contribution in [0.15, 0.2) is 78.9 Å². The summed E-state index contributed by atoms with van der Waals surface area (Å²) < 4.78 is 5.28. The number of hydrogen-bond donors (Lipinski definition) is 2. The summed E-state index contributed by atoms with van der Waals surface area (Å²) in [7, 11) is 1.48. The molecule has 0 bridgehead atoms. The molecule has 7 nitrogen and oxygen atoms in total. The molecule has 0 atom stereocenters. The third kappa shape index (κ3) is 3.18. The van der Waals surface area contributed by atoms with Crippen LogP contribution in [0.25, 0.3) is 10.8 Å². The van der Waals surface area contributed by atoms with E-state index in [0.29, 0.717) is 22.2 Å². The maximum absolute atomic E-state index is 13.2. The minimum Gasteiger partial charge on any atom is -0.505 e. The van der Waals surface area contributed by atoms with Crippen LogP contribution in [0.1, 0.15) is 31.1 Å². The average molecular weight is 438 g/mol. The van der Waals surface area contributed by atoms with E-state index in [1.165, 1.54) is 13.2 Å². The van der Waals surface area contributed by atoms with Gasteiger partial charge in [-0.05, 0) is 35.7 Å². The van der Waals surface area contributed by atoms with Crippen LogP contribution in [-0.4, -0.2) is 29.9 Å². The zero-order valence-electron chi connectivity index (χ0n) is 17.5. The highest BCUT2D eigenvalue weighted by Crippen LogP contribution is 2.42. The number of methoxy groups -OCH3 is 1. The quantitative estimate of drug-likeness (QED) is 0.454. The first kappa shape index (κ1) is 20.3. The number of aromatic hydroxyl groups is 1. The van der Waals surface area contributed by atoms with Crippen molar-refractivity contribution < 1.29 is 24.2 Å². The van der Waals surface area contributed by atoms with Crippen LogP contribution < -0.4 is 15.0 Å². The van der Waals surface area contributed by atoms with Crippen molar-refractivity contribution in [3.8, 4) is 11.5 Å². The van der Waals surface area contributed by atoms with E-state index in [-0.39, 0.29) is 22.4 Å². The van der Waals surface area contributed by atoms with E-state index in [0.717, 1.165) is 4.90 Å². The van der Waals surface area contributed by atoms with Gasteiger partial charge in [0.25, 0.3) is 17.7 Å². The standard InChI is InChI=1S/C26H18N2O5/c1-33-21-13-7-6-12-20(21)27-24(30)19-14-15-8-2-3-9-16(15)22(23(19)29)28-25(31)17-10-4-5-11-18(17)26(28)32/h2-14,29H,1H3,(H,27,30). The van der Waals surface area contributed by atoms with E-state index in [1.807, 2.05) is 0 Å². The summed E-state index contributed by atoms with van der Waals surface area (Å²) in [5.41, 5.74) is 0.806. The molecule has 0 fully saturated rings. The molecule has 1 aliphatic heterocycles. The Morgan fingerprint density at radius 1 is 0.879 bits per heavy atom. The van der Waals surface area contributed by atoms with Gasteiger partial charge < -0.3 is 15.2 Å². The fraction of sp³-hybridized carbons (Fsp3) is 0.0385. The monoisotopic (exact) mass is 438 g/mol. The molecule has 0 saturated heterocycles. The number of fused-ring (bicyclic) bond motifs is 2. The number of imide groups is 1. The molecule has 0 radical (unpaired) electrons. The molecule has 7 heteroatoms. The van der Waals surface area contributed by atoms with E-state index in [4.69, 9.17) is 4.74 Å². The Bertz CT molecular complexity index is 1430. The molecule has 0 aromatic heterocycles. The Morgan fingerprint density at radius 3 is 2.18 bits per heavy atom. The number of carbonyl (C=O) groups excluding carboxylic acids is 3. The number of nitrogens with zero attached hydrogens (tertiary/aromatic N) is 1. The number of ether oxygens (including phenoxy) is 1. The number of nitrogens with one attached hydrogen (secondary N) is 1. The molecular weight excluding hydrogens is 420 g/mol. The van der Waals surface area contributed by atoms with Crippen LogP contribution in [0.3, 0.4) is 0 Å². The van der Waals surface area contributed by atoms with Crippen molar-refractivity contribution in [2.45, 2.75) is 0 Å². The van der Waals surface area contributed by atoms with Gasteiger partial charge in [0.05, 0.1) is 29.5 Å². The first-order chi connectivity index (χ1) is 16.0. The molecule has 0 unspecified atom stereocenters. The predicted molar refractivity (Wildman–Crippen MR) is 124 cm³/mol. The molecule has 4 aromatic carbocycles. The summed E-state index contributed by atoms with van der Waals surface area (Å²) in [4.78, 5) is 40.4. The van der Waals surface area contributed by atoms with Gasteiger partial charge in [-0.1, -0.05) is 48.5 Å². The first-order valence-electron chi connectivity index (χ1n) is 10.2. The summed E-state index contributed by atoms with van der Waals surface area (Å²) in [6, 6.07) is 21.8. The molecule has 1 aliphatic rings. The maximum atomic E-state index is 13.2. The number of benzene rings is 4. The second-order valence-corrected chi connectivity index (χ2v) is 7.49. The minimum absolute atomic E-state index is 0.0236. The molecule has 0 aliphatic carbocycles. The van der Waals surface area contributed by atoms with E-state index in [9.17, 15) is 19.5 Å². The number of hydrogen-bond acceptors (Lipinski definition) is 5. The third-order valence-corrected chi connectivity index (χ3v) is 5.61. The van der Waals surface area contributed by atoms with Gasteiger partial charge in [-0.25, -0.2) is 4.90 Å². The van der Waals surface area contributed by atoms with Crippen molar-refractivity contribution in [2.24, 2.45) is 0 Å². The predicted octanol–water partition coefficient (Wildman–Crippen LogP) is 4.61. The van der Waals surface area contributed by atoms with Crippen LogP contribution in [0.4, 0.5) is 11.4 Å². The lowest BCUT2D eigenvalue weighted by molar-refractivity contribution is 0.0922. The summed E-state index contributed by atoms with van der Waals surface area (Å²) in [6.45, 7) is 0. The zero-order valence-corrected chi connectivity index (χ0v) is 17.5. The number of anilines is 2. The van der Waals surface area contributed by atoms with Gasteiger partial charge in [0.2, 0.25) is 0 Å². The van der Waals surface area contributed by atoms with Gasteiger partial charge in [-0.15, -0.1) is 0 Å². The van der Waals surface area contributed by atoms with Crippen molar-refractivity contribution in [2.75, 3.05) is 17.3 Å². The lowest BCUT2D eigenvalue weighted by atomic mass is 10.0. The number of phenolic OH excluding ortho intramolecular Hbond substituents is 1. The summed E-state index contributed by atoms with van der Waals surface area (Å²) in [5, 5.41) is 15.0. The van der Waals surface area contributed by atoms with E-state index in [1.54, 1.807) is 72.8 Å². The number of amides is 3. The van der Waals surface area contributed by atoms with Crippen LogP contribution in [-0.2, 0) is 0 Å². The van der Waals surface area contributed by atoms with E-state index < -0.39 is 23.5 Å². The molecule has 3 amide bonds. The van der Waals surface area contributed by atoms with Gasteiger partial charge in [-0.2, -0.15) is 0 Å². The topological polar surface area (TPSA) is 95.9 Å². The number of rotatable bonds is 4. The second-order valence-electron chi connectivity index (χ2n) is 7.49. The molecule has 2 N–H and O–H groups in total. The van der Waals surface area contributed by atoms with Crippen molar-refractivity contribution >= 4 is 39.9 Å². The fourth-order valence-electron chi connectivity index (χ4n) is 4.05. The lowest BCUT2D eigenvalue weighted by Gasteiger charge is -2.20. The highest BCUT2D eigenvalue weighted by atomic mass is 16.5. The maximum Gasteiger partial charge on any atom is 0.266 e. The molecule has 0 saturated carbocycles. The molecule has 162 valence electrons. The van der Waals surface area contributed by atoms with Gasteiger partial charge >= 0.3 is 0 Å². The Hall–Kier alpha value is -4.65. The van der Waals surface area contributed by atoms with Crippen molar-refractivity contribution in [3.63, 3.8) is 0 Å². The Labute approximate surface area is 188 Å². The molecule has 5 rings (SSSR count). The number of carbonyl (C=O) groups is 3. The molecule has 0 spiro atoms. The van der Waals surface area contributed by atoms with Crippen LogP contribution in [0.2, 0.25) is 0 Å². The number of phenols is 1. The first-order valence-corrected chi connectivity index (χ1v) is 10.2. The summed E-state index contributed by atoms with van der Waals surface area (Å²) >= 11 is 0. The largest absolute Gasteiger partial charge is 0.505 e. The Balaban J connectivity index is 1.66. The van der Waals surface area contributed by atoms with Gasteiger partial charge in [0, 0.05) is 5.39 Å². The van der Waals surface area contributed by atoms with Gasteiger partial charge in [0.1, 0.15) is 11.4 Å².